The van der Waals surface area contributed by atoms with Crippen molar-refractivity contribution in [3.05, 3.63) is 35.5 Å². The van der Waals surface area contributed by atoms with Crippen LogP contribution in [0, 0.1) is 0 Å². The number of hydrogen-bond donors (Lipinski definition) is 0. The highest BCUT2D eigenvalue weighted by Crippen LogP contribution is 2.28. The monoisotopic (exact) mass is 265 g/mol. The number of fused-ring (bicyclic) bond motifs is 1. The van der Waals surface area contributed by atoms with Crippen LogP contribution in [0.3, 0.4) is 0 Å². The maximum atomic E-state index is 11.9. The second-order valence-corrected chi connectivity index (χ2v) is 4.48. The predicted octanol–water partition coefficient (Wildman–Crippen LogP) is 3.81. The summed E-state index contributed by atoms with van der Waals surface area (Å²) in [5.74, 6) is -0.197. The minimum absolute atomic E-state index is 0.197. The summed E-state index contributed by atoms with van der Waals surface area (Å²) in [5.41, 5.74) is 0.961. The molecule has 1 unspecified atom stereocenters. The highest BCUT2D eigenvalue weighted by Gasteiger charge is 2.21. The molecule has 0 radical (unpaired) electrons. The zero-order valence-electron chi connectivity index (χ0n) is 10.5. The van der Waals surface area contributed by atoms with Gasteiger partial charge in [-0.25, -0.2) is 4.79 Å². The van der Waals surface area contributed by atoms with E-state index >= 15 is 0 Å². The van der Waals surface area contributed by atoms with E-state index in [0.29, 0.717) is 18.1 Å². The number of ether oxygens (including phenoxy) is 1. The van der Waals surface area contributed by atoms with Crippen LogP contribution in [-0.4, -0.2) is 17.1 Å². The molecule has 1 aromatic carbocycles. The topological polar surface area (TPSA) is 31.2 Å². The van der Waals surface area contributed by atoms with Crippen molar-refractivity contribution in [2.75, 3.05) is 6.61 Å². The molecular weight excluding hydrogens is 250 g/mol. The van der Waals surface area contributed by atoms with Gasteiger partial charge in [0, 0.05) is 16.6 Å². The highest BCUT2D eigenvalue weighted by molar-refractivity contribution is 6.35. The Balaban J connectivity index is 2.46. The van der Waals surface area contributed by atoms with Gasteiger partial charge < -0.3 is 9.30 Å². The number of hydrogen-bond acceptors (Lipinski definition) is 2. The fourth-order valence-corrected chi connectivity index (χ4v) is 2.37. The Morgan fingerprint density at radius 2 is 2.17 bits per heavy atom. The number of carbonyl (C=O) groups is 1. The lowest BCUT2D eigenvalue weighted by atomic mass is 10.2. The summed E-state index contributed by atoms with van der Waals surface area (Å²) >= 11 is 6.13. The molecule has 1 atom stereocenters. The lowest BCUT2D eigenvalue weighted by Gasteiger charge is -2.16. The third-order valence-corrected chi connectivity index (χ3v) is 3.32. The van der Waals surface area contributed by atoms with E-state index in [-0.39, 0.29) is 12.0 Å². The Hall–Kier alpha value is -1.48. The van der Waals surface area contributed by atoms with E-state index in [2.05, 4.69) is 0 Å². The van der Waals surface area contributed by atoms with Crippen molar-refractivity contribution >= 4 is 28.5 Å². The first-order chi connectivity index (χ1) is 8.69. The number of halogens is 1. The molecule has 0 spiro atoms. The standard InChI is InChI=1S/C14H16ClNO2/c1-3-12(14(17)18-4-2)16-9-8-10-11(15)6-5-7-13(10)16/h5-9,12H,3-4H2,1-2H3. The van der Waals surface area contributed by atoms with Crippen LogP contribution < -0.4 is 0 Å². The van der Waals surface area contributed by atoms with Crippen LogP contribution in [0.15, 0.2) is 30.5 Å². The summed E-state index contributed by atoms with van der Waals surface area (Å²) in [6, 6.07) is 7.34. The van der Waals surface area contributed by atoms with Gasteiger partial charge >= 0.3 is 5.97 Å². The molecule has 0 N–H and O–H groups in total. The Bertz CT molecular complexity index is 562. The fraction of sp³-hybridized carbons (Fsp3) is 0.357. The fourth-order valence-electron chi connectivity index (χ4n) is 2.14. The third-order valence-electron chi connectivity index (χ3n) is 2.99. The van der Waals surface area contributed by atoms with Gasteiger partial charge in [0.1, 0.15) is 6.04 Å². The number of aromatic nitrogens is 1. The molecule has 0 aliphatic carbocycles. The Kier molecular flexibility index (Phi) is 3.92. The van der Waals surface area contributed by atoms with Crippen molar-refractivity contribution in [3.63, 3.8) is 0 Å². The molecule has 0 bridgehead atoms. The number of nitrogens with zero attached hydrogens (tertiary/aromatic N) is 1. The van der Waals surface area contributed by atoms with E-state index in [1.54, 1.807) is 0 Å². The smallest absolute Gasteiger partial charge is 0.329 e. The van der Waals surface area contributed by atoms with Crippen LogP contribution in [0.5, 0.6) is 0 Å². The van der Waals surface area contributed by atoms with Gasteiger partial charge in [0.25, 0.3) is 0 Å². The number of esters is 1. The summed E-state index contributed by atoms with van der Waals surface area (Å²) in [6.45, 7) is 4.18. The number of carbonyl (C=O) groups excluding carboxylic acids is 1. The van der Waals surface area contributed by atoms with E-state index in [4.69, 9.17) is 16.3 Å². The van der Waals surface area contributed by atoms with Crippen LogP contribution >= 0.6 is 11.6 Å². The van der Waals surface area contributed by atoms with Crippen molar-refractivity contribution in [2.24, 2.45) is 0 Å². The summed E-state index contributed by atoms with van der Waals surface area (Å²) in [7, 11) is 0. The third kappa shape index (κ3) is 2.23. The molecule has 18 heavy (non-hydrogen) atoms. The van der Waals surface area contributed by atoms with Crippen LogP contribution in [0.2, 0.25) is 5.02 Å². The highest BCUT2D eigenvalue weighted by atomic mass is 35.5. The van der Waals surface area contributed by atoms with E-state index < -0.39 is 0 Å². The van der Waals surface area contributed by atoms with Crippen molar-refractivity contribution in [2.45, 2.75) is 26.3 Å². The van der Waals surface area contributed by atoms with Crippen molar-refractivity contribution in [1.82, 2.24) is 4.57 Å². The molecule has 1 aromatic heterocycles. The molecule has 96 valence electrons. The lowest BCUT2D eigenvalue weighted by molar-refractivity contribution is -0.147. The molecule has 4 heteroatoms. The SMILES string of the molecule is CCOC(=O)C(CC)n1ccc2c(Cl)cccc21. The summed E-state index contributed by atoms with van der Waals surface area (Å²) in [4.78, 5) is 11.9. The van der Waals surface area contributed by atoms with Crippen LogP contribution in [0.4, 0.5) is 0 Å². The average Bonchev–Trinajstić information content (AvgIpc) is 2.76. The van der Waals surface area contributed by atoms with E-state index in [9.17, 15) is 4.79 Å². The second-order valence-electron chi connectivity index (χ2n) is 4.07. The van der Waals surface area contributed by atoms with Crippen LogP contribution in [0.1, 0.15) is 26.3 Å². The molecule has 0 saturated heterocycles. The van der Waals surface area contributed by atoms with E-state index in [1.165, 1.54) is 0 Å². The molecule has 3 nitrogen and oxygen atoms in total. The van der Waals surface area contributed by atoms with Crippen LogP contribution in [-0.2, 0) is 9.53 Å². The van der Waals surface area contributed by atoms with Gasteiger partial charge in [-0.3, -0.25) is 0 Å². The molecule has 2 aromatic rings. The van der Waals surface area contributed by atoms with E-state index in [0.717, 1.165) is 10.9 Å². The van der Waals surface area contributed by atoms with Gasteiger partial charge in [-0.2, -0.15) is 0 Å². The molecular formula is C14H16ClNO2. The first-order valence-electron chi connectivity index (χ1n) is 6.10. The first kappa shape index (κ1) is 13.0. The van der Waals surface area contributed by atoms with Gasteiger partial charge in [0.05, 0.1) is 12.1 Å². The molecule has 0 aliphatic rings. The maximum absolute atomic E-state index is 11.9. The van der Waals surface area contributed by atoms with Crippen molar-refractivity contribution < 1.29 is 9.53 Å². The number of rotatable bonds is 4. The molecule has 0 amide bonds. The molecule has 0 aliphatic heterocycles. The zero-order chi connectivity index (χ0) is 13.1. The lowest BCUT2D eigenvalue weighted by Crippen LogP contribution is -2.20. The minimum atomic E-state index is -0.291. The largest absolute Gasteiger partial charge is 0.464 e. The minimum Gasteiger partial charge on any atom is -0.464 e. The summed E-state index contributed by atoms with van der Waals surface area (Å²) in [5, 5.41) is 1.66. The van der Waals surface area contributed by atoms with Gasteiger partial charge in [-0.15, -0.1) is 0 Å². The second kappa shape index (κ2) is 5.44. The summed E-state index contributed by atoms with van der Waals surface area (Å²) < 4.78 is 7.03. The molecule has 2 rings (SSSR count). The van der Waals surface area contributed by atoms with Crippen LogP contribution in [0.25, 0.3) is 10.9 Å². The average molecular weight is 266 g/mol. The van der Waals surface area contributed by atoms with Crippen molar-refractivity contribution in [1.29, 1.82) is 0 Å². The van der Waals surface area contributed by atoms with Gasteiger partial charge in [-0.05, 0) is 31.5 Å². The molecule has 0 fully saturated rings. The van der Waals surface area contributed by atoms with Gasteiger partial charge in [-0.1, -0.05) is 24.6 Å². The van der Waals surface area contributed by atoms with Gasteiger partial charge in [0.15, 0.2) is 0 Å². The maximum Gasteiger partial charge on any atom is 0.329 e. The quantitative estimate of drug-likeness (QED) is 0.787. The van der Waals surface area contributed by atoms with Gasteiger partial charge in [0.2, 0.25) is 0 Å². The zero-order valence-corrected chi connectivity index (χ0v) is 11.3. The first-order valence-corrected chi connectivity index (χ1v) is 6.48. The predicted molar refractivity (Wildman–Crippen MR) is 72.9 cm³/mol. The normalized spacial score (nSPS) is 12.6. The number of benzene rings is 1. The molecule has 0 saturated carbocycles. The summed E-state index contributed by atoms with van der Waals surface area (Å²) in [6.07, 6.45) is 2.58. The Labute approximate surface area is 111 Å². The van der Waals surface area contributed by atoms with E-state index in [1.807, 2.05) is 48.9 Å². The Morgan fingerprint density at radius 3 is 2.83 bits per heavy atom. The molecule has 1 heterocycles. The van der Waals surface area contributed by atoms with Crippen molar-refractivity contribution in [3.8, 4) is 0 Å². The Morgan fingerprint density at radius 1 is 1.39 bits per heavy atom.